The summed E-state index contributed by atoms with van der Waals surface area (Å²) in [5.74, 6) is -1.75. The molecule has 3 heterocycles. The van der Waals surface area contributed by atoms with Gasteiger partial charge in [-0.15, -0.1) is 0 Å². The van der Waals surface area contributed by atoms with Crippen molar-refractivity contribution in [3.63, 3.8) is 0 Å². The maximum absolute atomic E-state index is 15.0. The molecule has 0 atom stereocenters. The number of nitrogens with one attached hydrogen (secondary N) is 2. The normalized spacial score (nSPS) is 14.6. The Hall–Kier alpha value is -4.07. The minimum atomic E-state index is -0.746. The van der Waals surface area contributed by atoms with E-state index in [9.17, 15) is 9.65 Å². The van der Waals surface area contributed by atoms with Crippen molar-refractivity contribution >= 4 is 22.4 Å². The zero-order valence-electron chi connectivity index (χ0n) is 20.7. The van der Waals surface area contributed by atoms with Crippen molar-refractivity contribution in [1.29, 1.82) is 5.26 Å². The van der Waals surface area contributed by atoms with Crippen molar-refractivity contribution in [3.05, 3.63) is 71.2 Å². The van der Waals surface area contributed by atoms with Crippen LogP contribution in [0, 0.1) is 29.9 Å². The molecular weight excluding hydrogens is 476 g/mol. The summed E-state index contributed by atoms with van der Waals surface area (Å²) in [5.41, 5.74) is 2.56. The molecule has 0 bridgehead atoms. The fourth-order valence-corrected chi connectivity index (χ4v) is 4.51. The maximum atomic E-state index is 15.0. The highest BCUT2D eigenvalue weighted by Gasteiger charge is 2.20. The molecule has 0 amide bonds. The van der Waals surface area contributed by atoms with Crippen LogP contribution in [0.15, 0.2) is 42.7 Å². The number of nitriles is 1. The number of anilines is 2. The van der Waals surface area contributed by atoms with Gasteiger partial charge in [-0.2, -0.15) is 5.26 Å². The Bertz CT molecular complexity index is 1450. The Morgan fingerprint density at radius 1 is 1.08 bits per heavy atom. The molecule has 0 radical (unpaired) electrons. The number of benzene rings is 2. The second-order valence-corrected chi connectivity index (χ2v) is 9.06. The Morgan fingerprint density at radius 3 is 2.51 bits per heavy atom. The second-order valence-electron chi connectivity index (χ2n) is 9.06. The van der Waals surface area contributed by atoms with E-state index in [-0.39, 0.29) is 33.9 Å². The van der Waals surface area contributed by atoms with E-state index in [1.165, 1.54) is 18.0 Å². The number of aromatic nitrogens is 3. The summed E-state index contributed by atoms with van der Waals surface area (Å²) in [7, 11) is 0. The van der Waals surface area contributed by atoms with E-state index in [2.05, 4.69) is 37.0 Å². The number of hydrogen-bond acceptors (Lipinski definition) is 7. The number of nitrogens with zero attached hydrogens (tertiary/aromatic N) is 5. The van der Waals surface area contributed by atoms with E-state index >= 15 is 4.39 Å². The van der Waals surface area contributed by atoms with Crippen LogP contribution in [0.3, 0.4) is 0 Å². The van der Waals surface area contributed by atoms with E-state index in [4.69, 9.17) is 4.74 Å². The molecular formula is C27H27F2N7O. The molecule has 0 aliphatic carbocycles. The van der Waals surface area contributed by atoms with Gasteiger partial charge in [-0.05, 0) is 37.2 Å². The lowest BCUT2D eigenvalue weighted by Gasteiger charge is -2.34. The van der Waals surface area contributed by atoms with E-state index in [1.54, 1.807) is 6.92 Å². The number of aryl methyl sites for hydroxylation is 1. The lowest BCUT2D eigenvalue weighted by atomic mass is 10.1. The number of H-pyrrole nitrogens is 1. The third-order valence-electron chi connectivity index (χ3n) is 6.57. The molecule has 0 spiro atoms. The summed E-state index contributed by atoms with van der Waals surface area (Å²) < 4.78 is 35.1. The molecule has 2 aromatic heterocycles. The lowest BCUT2D eigenvalue weighted by molar-refractivity contribution is 0.132. The van der Waals surface area contributed by atoms with Gasteiger partial charge in [-0.1, -0.05) is 19.1 Å². The Labute approximate surface area is 213 Å². The van der Waals surface area contributed by atoms with Crippen LogP contribution < -0.4 is 10.1 Å². The molecule has 190 valence electrons. The minimum Gasteiger partial charge on any atom is -0.434 e. The maximum Gasteiger partial charge on any atom is 0.242 e. The highest BCUT2D eigenvalue weighted by molar-refractivity contribution is 5.83. The lowest BCUT2D eigenvalue weighted by Crippen LogP contribution is -2.45. The molecule has 0 saturated carbocycles. The first-order chi connectivity index (χ1) is 17.9. The number of fused-ring (bicyclic) bond motifs is 1. The van der Waals surface area contributed by atoms with Crippen LogP contribution in [0.25, 0.3) is 10.9 Å². The number of hydrogen-bond donors (Lipinski definition) is 2. The highest BCUT2D eigenvalue weighted by atomic mass is 19.1. The quantitative estimate of drug-likeness (QED) is 0.363. The van der Waals surface area contributed by atoms with E-state index < -0.39 is 11.6 Å². The molecule has 0 unspecified atom stereocenters. The van der Waals surface area contributed by atoms with E-state index in [1.807, 2.05) is 30.3 Å². The van der Waals surface area contributed by atoms with Crippen LogP contribution in [0.2, 0.25) is 0 Å². The van der Waals surface area contributed by atoms with Gasteiger partial charge in [0.15, 0.2) is 28.8 Å². The summed E-state index contributed by atoms with van der Waals surface area (Å²) in [5, 5.41) is 13.0. The van der Waals surface area contributed by atoms with Crippen LogP contribution in [0.5, 0.6) is 11.6 Å². The van der Waals surface area contributed by atoms with Crippen LogP contribution in [0.1, 0.15) is 23.7 Å². The van der Waals surface area contributed by atoms with Crippen molar-refractivity contribution in [3.8, 4) is 17.7 Å². The average molecular weight is 504 g/mol. The summed E-state index contributed by atoms with van der Waals surface area (Å²) in [4.78, 5) is 15.8. The second kappa shape index (κ2) is 10.5. The molecule has 4 aromatic rings. The van der Waals surface area contributed by atoms with E-state index in [0.717, 1.165) is 51.0 Å². The van der Waals surface area contributed by atoms with Crippen molar-refractivity contribution < 1.29 is 13.5 Å². The SMILES string of the molecule is CCN1CCN(Cc2ccc(Nc3ncnc(Oc4cc(F)c5[nH]c(C)cc5c4F)c3C#N)cc2)CC1. The van der Waals surface area contributed by atoms with Crippen molar-refractivity contribution in [1.82, 2.24) is 24.8 Å². The van der Waals surface area contributed by atoms with Crippen molar-refractivity contribution in [2.75, 3.05) is 38.0 Å². The Morgan fingerprint density at radius 2 is 1.81 bits per heavy atom. The van der Waals surface area contributed by atoms with Gasteiger partial charge in [0.05, 0.1) is 5.52 Å². The molecule has 2 aromatic carbocycles. The predicted molar refractivity (Wildman–Crippen MR) is 137 cm³/mol. The first kappa shape index (κ1) is 24.6. The average Bonchev–Trinajstić information content (AvgIpc) is 3.31. The topological polar surface area (TPSA) is 93.1 Å². The molecule has 1 saturated heterocycles. The smallest absolute Gasteiger partial charge is 0.242 e. The zero-order chi connectivity index (χ0) is 25.9. The molecule has 5 rings (SSSR count). The number of ether oxygens (including phenoxy) is 1. The van der Waals surface area contributed by atoms with Crippen LogP contribution in [-0.4, -0.2) is 57.5 Å². The zero-order valence-corrected chi connectivity index (χ0v) is 20.7. The number of likely N-dealkylation sites (N-methyl/N-ethyl adjacent to an activating group) is 1. The number of aromatic amines is 1. The molecule has 2 N–H and O–H groups in total. The number of halogens is 2. The van der Waals surface area contributed by atoms with Crippen LogP contribution in [0.4, 0.5) is 20.3 Å². The standard InChI is InChI=1S/C27H27F2N7O/c1-3-35-8-10-36(11-9-35)15-18-4-6-19(7-5-18)34-26-21(14-30)27(32-16-31-26)37-23-13-22(28)25-20(24(23)29)12-17(2)33-25/h4-7,12-13,16,33H,3,8-11,15H2,1-2H3,(H,31,32,34). The number of piperazine rings is 1. The predicted octanol–water partition coefficient (Wildman–Crippen LogP) is 5.09. The molecule has 10 heteroatoms. The molecule has 1 aliphatic heterocycles. The van der Waals surface area contributed by atoms with Gasteiger partial charge in [0.1, 0.15) is 12.4 Å². The van der Waals surface area contributed by atoms with Gasteiger partial charge in [-0.25, -0.2) is 18.7 Å². The third kappa shape index (κ3) is 5.23. The monoisotopic (exact) mass is 503 g/mol. The third-order valence-corrected chi connectivity index (χ3v) is 6.57. The molecule has 1 fully saturated rings. The highest BCUT2D eigenvalue weighted by Crippen LogP contribution is 2.34. The molecule has 8 nitrogen and oxygen atoms in total. The van der Waals surface area contributed by atoms with Crippen molar-refractivity contribution in [2.24, 2.45) is 0 Å². The van der Waals surface area contributed by atoms with Crippen LogP contribution in [-0.2, 0) is 6.54 Å². The number of rotatable bonds is 7. The fraction of sp³-hybridized carbons (Fsp3) is 0.296. The minimum absolute atomic E-state index is 0.0227. The summed E-state index contributed by atoms with van der Waals surface area (Å²) in [6.45, 7) is 10.1. The van der Waals surface area contributed by atoms with E-state index in [0.29, 0.717) is 5.69 Å². The first-order valence-electron chi connectivity index (χ1n) is 12.2. The van der Waals surface area contributed by atoms with Crippen LogP contribution >= 0.6 is 0 Å². The first-order valence-corrected chi connectivity index (χ1v) is 12.2. The summed E-state index contributed by atoms with van der Waals surface area (Å²) in [6.07, 6.45) is 1.20. The summed E-state index contributed by atoms with van der Waals surface area (Å²) in [6, 6.07) is 12.3. The van der Waals surface area contributed by atoms with Gasteiger partial charge in [0.2, 0.25) is 5.88 Å². The van der Waals surface area contributed by atoms with Gasteiger partial charge in [0, 0.05) is 55.6 Å². The van der Waals surface area contributed by atoms with Crippen molar-refractivity contribution in [2.45, 2.75) is 20.4 Å². The fourth-order valence-electron chi connectivity index (χ4n) is 4.51. The Balaban J connectivity index is 1.32. The Kier molecular flexibility index (Phi) is 6.99. The van der Waals surface area contributed by atoms with Gasteiger partial charge >= 0.3 is 0 Å². The summed E-state index contributed by atoms with van der Waals surface area (Å²) >= 11 is 0. The largest absolute Gasteiger partial charge is 0.434 e. The van der Waals surface area contributed by atoms with Gasteiger partial charge in [-0.3, -0.25) is 4.90 Å². The van der Waals surface area contributed by atoms with Gasteiger partial charge in [0.25, 0.3) is 0 Å². The van der Waals surface area contributed by atoms with Gasteiger partial charge < -0.3 is 19.9 Å². The molecule has 37 heavy (non-hydrogen) atoms. The molecule has 1 aliphatic rings.